The molecule has 1 aromatic heterocycles. The molecule has 0 saturated heterocycles. The monoisotopic (exact) mass is 194 g/mol. The number of anilines is 1. The smallest absolute Gasteiger partial charge is 0.271 e. The fourth-order valence-corrected chi connectivity index (χ4v) is 1.37. The van der Waals surface area contributed by atoms with Gasteiger partial charge in [0.15, 0.2) is 0 Å². The number of benzene rings is 1. The molecule has 0 aliphatic heterocycles. The van der Waals surface area contributed by atoms with Gasteiger partial charge in [-0.25, -0.2) is 0 Å². The number of fused-ring (bicyclic) bond motifs is 1. The van der Waals surface area contributed by atoms with Gasteiger partial charge in [0.1, 0.15) is 0 Å². The summed E-state index contributed by atoms with van der Waals surface area (Å²) in [5, 5.41) is 1.46. The SMILES string of the molecule is Nc1cc2cc(Cl)ccc2[nH]c1=O. The lowest BCUT2D eigenvalue weighted by Gasteiger charge is -1.99. The summed E-state index contributed by atoms with van der Waals surface area (Å²) in [6, 6.07) is 6.83. The molecule has 3 nitrogen and oxygen atoms in total. The molecule has 0 spiro atoms. The van der Waals surface area contributed by atoms with Crippen molar-refractivity contribution in [1.82, 2.24) is 4.98 Å². The van der Waals surface area contributed by atoms with Crippen molar-refractivity contribution in [3.63, 3.8) is 0 Å². The summed E-state index contributed by atoms with van der Waals surface area (Å²) in [5.41, 5.74) is 6.12. The van der Waals surface area contributed by atoms with Crippen molar-refractivity contribution >= 4 is 28.2 Å². The minimum absolute atomic E-state index is 0.203. The molecule has 0 unspecified atom stereocenters. The summed E-state index contributed by atoms with van der Waals surface area (Å²) in [6.45, 7) is 0. The third-order valence-electron chi connectivity index (χ3n) is 1.84. The molecule has 0 saturated carbocycles. The maximum Gasteiger partial charge on any atom is 0.271 e. The standard InChI is InChI=1S/C9H7ClN2O/c10-6-1-2-8-5(3-6)4-7(11)9(13)12-8/h1-4H,11H2,(H,12,13). The second kappa shape index (κ2) is 2.78. The van der Waals surface area contributed by atoms with Crippen LogP contribution in [0.4, 0.5) is 5.69 Å². The van der Waals surface area contributed by atoms with Gasteiger partial charge >= 0.3 is 0 Å². The molecule has 0 radical (unpaired) electrons. The number of rotatable bonds is 0. The van der Waals surface area contributed by atoms with Crippen molar-refractivity contribution in [2.45, 2.75) is 0 Å². The van der Waals surface area contributed by atoms with E-state index in [1.54, 1.807) is 24.3 Å². The lowest BCUT2D eigenvalue weighted by molar-refractivity contribution is 1.31. The van der Waals surface area contributed by atoms with Crippen LogP contribution in [0, 0.1) is 0 Å². The second-order valence-corrected chi connectivity index (χ2v) is 3.22. The molecule has 1 aromatic carbocycles. The summed E-state index contributed by atoms with van der Waals surface area (Å²) in [4.78, 5) is 13.8. The van der Waals surface area contributed by atoms with Crippen LogP contribution in [0.15, 0.2) is 29.1 Å². The van der Waals surface area contributed by atoms with E-state index in [2.05, 4.69) is 4.98 Å². The van der Waals surface area contributed by atoms with Crippen molar-refractivity contribution in [3.8, 4) is 0 Å². The number of hydrogen-bond donors (Lipinski definition) is 2. The molecular formula is C9H7ClN2O. The minimum Gasteiger partial charge on any atom is -0.394 e. The molecule has 0 fully saturated rings. The number of nitrogens with two attached hydrogens (primary N) is 1. The zero-order chi connectivity index (χ0) is 9.42. The van der Waals surface area contributed by atoms with Crippen molar-refractivity contribution in [3.05, 3.63) is 39.6 Å². The molecule has 0 amide bonds. The van der Waals surface area contributed by atoms with Crippen LogP contribution in [0.2, 0.25) is 5.02 Å². The number of nitrogens with one attached hydrogen (secondary N) is 1. The average Bonchev–Trinajstić information content (AvgIpc) is 2.08. The summed E-state index contributed by atoms with van der Waals surface area (Å²) >= 11 is 5.78. The first-order valence-corrected chi connectivity index (χ1v) is 4.13. The molecule has 4 heteroatoms. The highest BCUT2D eigenvalue weighted by molar-refractivity contribution is 6.31. The first-order valence-electron chi connectivity index (χ1n) is 3.75. The largest absolute Gasteiger partial charge is 0.394 e. The van der Waals surface area contributed by atoms with Crippen molar-refractivity contribution in [2.24, 2.45) is 0 Å². The van der Waals surface area contributed by atoms with Gasteiger partial charge in [-0.3, -0.25) is 4.79 Å². The molecule has 0 aliphatic carbocycles. The van der Waals surface area contributed by atoms with E-state index in [1.807, 2.05) is 0 Å². The van der Waals surface area contributed by atoms with E-state index in [9.17, 15) is 4.79 Å². The van der Waals surface area contributed by atoms with E-state index in [0.29, 0.717) is 5.02 Å². The van der Waals surface area contributed by atoms with Gasteiger partial charge in [-0.05, 0) is 24.3 Å². The van der Waals surface area contributed by atoms with Crippen LogP contribution in [0.5, 0.6) is 0 Å². The zero-order valence-electron chi connectivity index (χ0n) is 6.67. The predicted molar refractivity (Wildman–Crippen MR) is 54.0 cm³/mol. The first-order chi connectivity index (χ1) is 6.16. The topological polar surface area (TPSA) is 58.9 Å². The lowest BCUT2D eigenvalue weighted by atomic mass is 10.2. The van der Waals surface area contributed by atoms with Gasteiger partial charge in [0, 0.05) is 15.9 Å². The third kappa shape index (κ3) is 1.38. The highest BCUT2D eigenvalue weighted by Crippen LogP contribution is 2.17. The predicted octanol–water partition coefficient (Wildman–Crippen LogP) is 1.76. The minimum atomic E-state index is -0.269. The van der Waals surface area contributed by atoms with E-state index in [-0.39, 0.29) is 11.2 Å². The van der Waals surface area contributed by atoms with Gasteiger partial charge in [0.25, 0.3) is 5.56 Å². The van der Waals surface area contributed by atoms with Crippen molar-refractivity contribution < 1.29 is 0 Å². The van der Waals surface area contributed by atoms with E-state index in [1.165, 1.54) is 0 Å². The maximum atomic E-state index is 11.1. The van der Waals surface area contributed by atoms with Crippen LogP contribution in [0.1, 0.15) is 0 Å². The Bertz CT molecular complexity index is 518. The number of aromatic nitrogens is 1. The second-order valence-electron chi connectivity index (χ2n) is 2.79. The van der Waals surface area contributed by atoms with Gasteiger partial charge in [0.2, 0.25) is 0 Å². The quantitative estimate of drug-likeness (QED) is 0.672. The molecule has 0 aliphatic rings. The molecule has 3 N–H and O–H groups in total. The Morgan fingerprint density at radius 1 is 1.31 bits per heavy atom. The third-order valence-corrected chi connectivity index (χ3v) is 2.07. The Kier molecular flexibility index (Phi) is 1.74. The Balaban J connectivity index is 2.89. The Hall–Kier alpha value is -1.48. The van der Waals surface area contributed by atoms with Gasteiger partial charge in [-0.15, -0.1) is 0 Å². The van der Waals surface area contributed by atoms with Crippen LogP contribution >= 0.6 is 11.6 Å². The number of aromatic amines is 1. The fraction of sp³-hybridized carbons (Fsp3) is 0. The van der Waals surface area contributed by atoms with E-state index < -0.39 is 0 Å². The molecular weight excluding hydrogens is 188 g/mol. The van der Waals surface area contributed by atoms with Crippen LogP contribution < -0.4 is 11.3 Å². The van der Waals surface area contributed by atoms with E-state index in [4.69, 9.17) is 17.3 Å². The highest BCUT2D eigenvalue weighted by Gasteiger charge is 1.98. The number of hydrogen-bond acceptors (Lipinski definition) is 2. The fourth-order valence-electron chi connectivity index (χ4n) is 1.19. The molecule has 1 heterocycles. The Morgan fingerprint density at radius 2 is 2.08 bits per heavy atom. The number of pyridine rings is 1. The van der Waals surface area contributed by atoms with Crippen LogP contribution in [0.3, 0.4) is 0 Å². The molecule has 66 valence electrons. The van der Waals surface area contributed by atoms with Gasteiger partial charge in [-0.2, -0.15) is 0 Å². The molecule has 0 bridgehead atoms. The van der Waals surface area contributed by atoms with E-state index >= 15 is 0 Å². The van der Waals surface area contributed by atoms with Crippen LogP contribution in [-0.2, 0) is 0 Å². The summed E-state index contributed by atoms with van der Waals surface area (Å²) in [6.07, 6.45) is 0. The normalized spacial score (nSPS) is 10.5. The highest BCUT2D eigenvalue weighted by atomic mass is 35.5. The summed E-state index contributed by atoms with van der Waals surface area (Å²) in [5.74, 6) is 0. The van der Waals surface area contributed by atoms with Crippen LogP contribution in [0.25, 0.3) is 10.9 Å². The van der Waals surface area contributed by atoms with Gasteiger partial charge in [-0.1, -0.05) is 11.6 Å². The Morgan fingerprint density at radius 3 is 2.85 bits per heavy atom. The van der Waals surface area contributed by atoms with E-state index in [0.717, 1.165) is 10.9 Å². The molecule has 2 rings (SSSR count). The average molecular weight is 195 g/mol. The zero-order valence-corrected chi connectivity index (χ0v) is 7.43. The number of nitrogen functional groups attached to an aromatic ring is 1. The van der Waals surface area contributed by atoms with Gasteiger partial charge in [0.05, 0.1) is 5.69 Å². The van der Waals surface area contributed by atoms with Gasteiger partial charge < -0.3 is 10.7 Å². The first kappa shape index (κ1) is 8.13. The molecule has 13 heavy (non-hydrogen) atoms. The molecule has 2 aromatic rings. The Labute approximate surface area is 79.1 Å². The number of H-pyrrole nitrogens is 1. The number of halogens is 1. The van der Waals surface area contributed by atoms with Crippen LogP contribution in [-0.4, -0.2) is 4.98 Å². The van der Waals surface area contributed by atoms with Crippen molar-refractivity contribution in [1.29, 1.82) is 0 Å². The maximum absolute atomic E-state index is 11.1. The molecule has 0 atom stereocenters. The lowest BCUT2D eigenvalue weighted by Crippen LogP contribution is -2.10. The van der Waals surface area contributed by atoms with Crippen molar-refractivity contribution in [2.75, 3.05) is 5.73 Å². The summed E-state index contributed by atoms with van der Waals surface area (Å²) in [7, 11) is 0. The summed E-state index contributed by atoms with van der Waals surface area (Å²) < 4.78 is 0.